The third-order valence-corrected chi connectivity index (χ3v) is 7.12. The highest BCUT2D eigenvalue weighted by molar-refractivity contribution is 6.08. The van der Waals surface area contributed by atoms with Gasteiger partial charge in [0.05, 0.1) is 17.7 Å². The van der Waals surface area contributed by atoms with Crippen molar-refractivity contribution in [2.45, 2.75) is 55.1 Å². The van der Waals surface area contributed by atoms with Gasteiger partial charge in [-0.2, -0.15) is 0 Å². The van der Waals surface area contributed by atoms with Gasteiger partial charge in [-0.15, -0.1) is 0 Å². The fourth-order valence-corrected chi connectivity index (χ4v) is 5.12. The van der Waals surface area contributed by atoms with E-state index in [0.29, 0.717) is 0 Å². The molecule has 6 aromatic rings. The highest BCUT2D eigenvalue weighted by Crippen LogP contribution is 2.29. The van der Waals surface area contributed by atoms with Gasteiger partial charge in [0, 0.05) is 46.3 Å². The molecule has 298 valence electrons. The van der Waals surface area contributed by atoms with Crippen molar-refractivity contribution < 1.29 is 0 Å². The number of fused-ring (bicyclic) bond motifs is 6. The largest absolute Gasteiger partial charge is 0.344 e. The van der Waals surface area contributed by atoms with Crippen LogP contribution in [0.2, 0.25) is 0 Å². The van der Waals surface area contributed by atoms with E-state index in [9.17, 15) is 0 Å². The molecular weight excluding hydrogens is 651 g/mol. The molecule has 0 unspecified atom stereocenters. The summed E-state index contributed by atoms with van der Waals surface area (Å²) in [6.07, 6.45) is 0. The Kier molecular flexibility index (Phi) is 28.8. The van der Waals surface area contributed by atoms with Crippen LogP contribution in [-0.4, -0.2) is 124 Å². The SMILES string of the molecule is CC.CC.CC.CCN(C)C.CN(C)C.CN(C)CN(C)C.CN(C)Cn1c2ccccc2c2ccccc21.Cn1c2ccccc2c2ccccc21. The average Bonchev–Trinajstić information content (AvgIpc) is 3.62. The Labute approximate surface area is 326 Å². The van der Waals surface area contributed by atoms with Crippen LogP contribution in [0, 0.1) is 0 Å². The van der Waals surface area contributed by atoms with E-state index < -0.39 is 0 Å². The first-order chi connectivity index (χ1) is 25.3. The van der Waals surface area contributed by atoms with E-state index in [1.165, 1.54) is 43.6 Å². The lowest BCUT2D eigenvalue weighted by Crippen LogP contribution is -2.26. The van der Waals surface area contributed by atoms with Crippen LogP contribution in [0.3, 0.4) is 0 Å². The fourth-order valence-electron chi connectivity index (χ4n) is 5.12. The predicted octanol–water partition coefficient (Wildman–Crippen LogP) is 10.5. The van der Waals surface area contributed by atoms with E-state index in [-0.39, 0.29) is 0 Å². The first-order valence-corrected chi connectivity index (χ1v) is 19.4. The Hall–Kier alpha value is -3.72. The van der Waals surface area contributed by atoms with E-state index in [4.69, 9.17) is 0 Å². The zero-order valence-electron chi connectivity index (χ0n) is 37.5. The third kappa shape index (κ3) is 18.7. The second-order valence-corrected chi connectivity index (χ2v) is 13.3. The number of aromatic nitrogens is 2. The Morgan fingerprint density at radius 1 is 0.396 bits per heavy atom. The molecular formula is C46H79N7. The molecule has 0 spiro atoms. The summed E-state index contributed by atoms with van der Waals surface area (Å²) >= 11 is 0. The minimum absolute atomic E-state index is 0.911. The molecule has 6 rings (SSSR count). The molecule has 0 radical (unpaired) electrons. The van der Waals surface area contributed by atoms with Crippen LogP contribution in [0.15, 0.2) is 97.1 Å². The second-order valence-electron chi connectivity index (χ2n) is 13.3. The molecule has 0 aliphatic heterocycles. The predicted molar refractivity (Wildman–Crippen MR) is 244 cm³/mol. The normalized spacial score (nSPS) is 10.1. The summed E-state index contributed by atoms with van der Waals surface area (Å²) in [6.45, 7) is 17.2. The second kappa shape index (κ2) is 29.7. The van der Waals surface area contributed by atoms with Gasteiger partial charge in [0.15, 0.2) is 0 Å². The van der Waals surface area contributed by atoms with Gasteiger partial charge in [0.2, 0.25) is 0 Å². The highest BCUT2D eigenvalue weighted by atomic mass is 15.2. The summed E-state index contributed by atoms with van der Waals surface area (Å²) in [7, 11) is 24.7. The van der Waals surface area contributed by atoms with Gasteiger partial charge in [-0.1, -0.05) is 121 Å². The Morgan fingerprint density at radius 2 is 0.642 bits per heavy atom. The van der Waals surface area contributed by atoms with Crippen LogP contribution in [-0.2, 0) is 13.7 Å². The quantitative estimate of drug-likeness (QED) is 0.165. The molecule has 4 aromatic carbocycles. The van der Waals surface area contributed by atoms with Gasteiger partial charge in [0.1, 0.15) is 0 Å². The minimum atomic E-state index is 0.911. The zero-order valence-corrected chi connectivity index (χ0v) is 37.5. The minimum Gasteiger partial charge on any atom is -0.344 e. The van der Waals surface area contributed by atoms with E-state index in [1.54, 1.807) is 0 Å². The number of aryl methyl sites for hydroxylation is 1. The molecule has 53 heavy (non-hydrogen) atoms. The van der Waals surface area contributed by atoms with Gasteiger partial charge >= 0.3 is 0 Å². The summed E-state index contributed by atoms with van der Waals surface area (Å²) in [6, 6.07) is 34.2. The maximum atomic E-state index is 2.37. The number of benzene rings is 4. The highest BCUT2D eigenvalue weighted by Gasteiger charge is 2.09. The molecule has 0 atom stereocenters. The first-order valence-electron chi connectivity index (χ1n) is 19.4. The molecule has 0 N–H and O–H groups in total. The van der Waals surface area contributed by atoms with Crippen LogP contribution < -0.4 is 0 Å². The summed E-state index contributed by atoms with van der Waals surface area (Å²) in [5, 5.41) is 5.35. The van der Waals surface area contributed by atoms with Gasteiger partial charge < -0.3 is 18.9 Å². The molecule has 0 fully saturated rings. The summed E-state index contributed by atoms with van der Waals surface area (Å²) < 4.78 is 4.61. The van der Waals surface area contributed by atoms with Crippen molar-refractivity contribution in [3.63, 3.8) is 0 Å². The number of hydrogen-bond acceptors (Lipinski definition) is 5. The van der Waals surface area contributed by atoms with E-state index in [1.807, 2.05) is 67.6 Å². The smallest absolute Gasteiger partial charge is 0.0752 e. The van der Waals surface area contributed by atoms with Crippen LogP contribution in [0.1, 0.15) is 48.5 Å². The van der Waals surface area contributed by atoms with E-state index in [2.05, 4.69) is 196 Å². The van der Waals surface area contributed by atoms with Gasteiger partial charge in [-0.05, 0) is 108 Å². The third-order valence-electron chi connectivity index (χ3n) is 7.12. The maximum Gasteiger partial charge on any atom is 0.0752 e. The topological polar surface area (TPSA) is 26.1 Å². The van der Waals surface area contributed by atoms with Crippen molar-refractivity contribution in [1.82, 2.24) is 33.6 Å². The molecule has 0 bridgehead atoms. The molecule has 7 nitrogen and oxygen atoms in total. The van der Waals surface area contributed by atoms with Crippen LogP contribution in [0.5, 0.6) is 0 Å². The number of para-hydroxylation sites is 4. The van der Waals surface area contributed by atoms with E-state index >= 15 is 0 Å². The standard InChI is InChI=1S/C15H16N2.C13H11N.C5H14N2.C4H11N.C3H9N.3C2H6/c1-16(2)11-17-14-9-5-3-7-12(14)13-8-4-6-10-15(13)17;1-14-12-8-4-2-6-10(12)11-7-3-5-9-13(11)14;1-6(2)5-7(3)4;1-4-5(2)3;1-4(2)3;3*1-2/h3-10H,11H2,1-2H3;2-9H,1H3;5H2,1-4H3;4H2,1-3H3;1-3H3;3*1-2H3. The lowest BCUT2D eigenvalue weighted by atomic mass is 10.2. The first kappa shape index (κ1) is 51.4. The lowest BCUT2D eigenvalue weighted by molar-refractivity contribution is 0.245. The van der Waals surface area contributed by atoms with Crippen molar-refractivity contribution in [2.24, 2.45) is 7.05 Å². The fraction of sp³-hybridized carbons (Fsp3) is 0.478. The summed E-state index contributed by atoms with van der Waals surface area (Å²) in [4.78, 5) is 10.6. The Morgan fingerprint density at radius 3 is 0.868 bits per heavy atom. The average molecular weight is 730 g/mol. The van der Waals surface area contributed by atoms with Crippen LogP contribution >= 0.6 is 0 Å². The molecule has 0 amide bonds. The van der Waals surface area contributed by atoms with Crippen molar-refractivity contribution in [3.8, 4) is 0 Å². The molecule has 0 saturated carbocycles. The number of nitrogens with zero attached hydrogens (tertiary/aromatic N) is 7. The van der Waals surface area contributed by atoms with Gasteiger partial charge in [-0.25, -0.2) is 0 Å². The van der Waals surface area contributed by atoms with Crippen LogP contribution in [0.4, 0.5) is 0 Å². The maximum absolute atomic E-state index is 2.37. The lowest BCUT2D eigenvalue weighted by Gasteiger charge is -2.14. The van der Waals surface area contributed by atoms with E-state index in [0.717, 1.165) is 19.9 Å². The monoisotopic (exact) mass is 730 g/mol. The molecule has 0 aliphatic carbocycles. The van der Waals surface area contributed by atoms with Crippen molar-refractivity contribution in [2.75, 3.05) is 90.7 Å². The van der Waals surface area contributed by atoms with Crippen molar-refractivity contribution >= 4 is 43.6 Å². The Balaban J connectivity index is 0. The van der Waals surface area contributed by atoms with Gasteiger partial charge in [0.25, 0.3) is 0 Å². The molecule has 2 heterocycles. The molecule has 0 saturated heterocycles. The van der Waals surface area contributed by atoms with Gasteiger partial charge in [-0.3, -0.25) is 14.7 Å². The number of rotatable bonds is 5. The molecule has 2 aromatic heterocycles. The number of hydrogen-bond donors (Lipinski definition) is 0. The molecule has 0 aliphatic rings. The molecule has 7 heteroatoms. The summed E-state index contributed by atoms with van der Waals surface area (Å²) in [5.41, 5.74) is 5.22. The van der Waals surface area contributed by atoms with Crippen LogP contribution in [0.25, 0.3) is 43.6 Å². The van der Waals surface area contributed by atoms with Crippen molar-refractivity contribution in [3.05, 3.63) is 97.1 Å². The van der Waals surface area contributed by atoms with Crippen molar-refractivity contribution in [1.29, 1.82) is 0 Å². The zero-order chi connectivity index (χ0) is 41.1. The Bertz CT molecular complexity index is 1630. The summed E-state index contributed by atoms with van der Waals surface area (Å²) in [5.74, 6) is 0.